The third-order valence-corrected chi connectivity index (χ3v) is 5.77. The summed E-state index contributed by atoms with van der Waals surface area (Å²) >= 11 is 0. The fourth-order valence-electron chi connectivity index (χ4n) is 4.15. The van der Waals surface area contributed by atoms with Crippen molar-refractivity contribution in [2.24, 2.45) is 11.8 Å². The van der Waals surface area contributed by atoms with Crippen LogP contribution in [0.2, 0.25) is 0 Å². The number of morpholine rings is 1. The molecule has 1 aromatic rings. The van der Waals surface area contributed by atoms with E-state index in [0.29, 0.717) is 25.1 Å². The van der Waals surface area contributed by atoms with Gasteiger partial charge in [-0.2, -0.15) is 0 Å². The molecule has 6 nitrogen and oxygen atoms in total. The van der Waals surface area contributed by atoms with Crippen LogP contribution in [0.5, 0.6) is 0 Å². The van der Waals surface area contributed by atoms with Crippen LogP contribution in [0.25, 0.3) is 0 Å². The minimum Gasteiger partial charge on any atom is -0.550 e. The van der Waals surface area contributed by atoms with Crippen molar-refractivity contribution in [3.8, 4) is 0 Å². The number of amides is 1. The first-order valence-electron chi connectivity index (χ1n) is 9.69. The maximum atomic E-state index is 13.1. The van der Waals surface area contributed by atoms with Crippen molar-refractivity contribution in [3.05, 3.63) is 35.6 Å². The van der Waals surface area contributed by atoms with Crippen LogP contribution in [-0.4, -0.2) is 62.7 Å². The molecule has 0 aliphatic carbocycles. The molecule has 2 atom stereocenters. The SMILES string of the molecule is O=C([O-])C[C@@H]1CCN(C(=O)c2ccc(F)cc2)C[C@@H]1CC[NH+]1CCOCC1. The van der Waals surface area contributed by atoms with Crippen LogP contribution in [0.3, 0.4) is 0 Å². The lowest BCUT2D eigenvalue weighted by atomic mass is 9.81. The molecular weight excluding hydrogens is 351 g/mol. The number of aliphatic carboxylic acids is 1. The highest BCUT2D eigenvalue weighted by Gasteiger charge is 2.32. The van der Waals surface area contributed by atoms with Gasteiger partial charge in [-0.05, 0) is 48.9 Å². The number of quaternary nitrogens is 1. The van der Waals surface area contributed by atoms with Gasteiger partial charge < -0.3 is 24.4 Å². The maximum absolute atomic E-state index is 13.1. The molecule has 0 bridgehead atoms. The number of nitrogens with one attached hydrogen (secondary N) is 1. The van der Waals surface area contributed by atoms with Crippen molar-refractivity contribution in [2.75, 3.05) is 45.9 Å². The van der Waals surface area contributed by atoms with Crippen molar-refractivity contribution in [2.45, 2.75) is 19.3 Å². The molecule has 3 rings (SSSR count). The topological polar surface area (TPSA) is 74.1 Å². The van der Waals surface area contributed by atoms with E-state index in [1.54, 1.807) is 4.90 Å². The Balaban J connectivity index is 1.63. The Labute approximate surface area is 158 Å². The number of ether oxygens (including phenoxy) is 1. The molecule has 2 heterocycles. The van der Waals surface area contributed by atoms with Crippen molar-refractivity contribution in [1.29, 1.82) is 0 Å². The molecule has 0 spiro atoms. The molecule has 2 aliphatic rings. The highest BCUT2D eigenvalue weighted by Crippen LogP contribution is 2.29. The van der Waals surface area contributed by atoms with E-state index in [2.05, 4.69) is 0 Å². The normalized spacial score (nSPS) is 24.0. The van der Waals surface area contributed by atoms with Crippen LogP contribution in [0, 0.1) is 17.7 Å². The van der Waals surface area contributed by atoms with Crippen LogP contribution in [0.4, 0.5) is 4.39 Å². The summed E-state index contributed by atoms with van der Waals surface area (Å²) in [6.07, 6.45) is 1.58. The van der Waals surface area contributed by atoms with Gasteiger partial charge in [-0.15, -0.1) is 0 Å². The van der Waals surface area contributed by atoms with Gasteiger partial charge in [0.25, 0.3) is 5.91 Å². The number of likely N-dealkylation sites (tertiary alicyclic amines) is 1. The summed E-state index contributed by atoms with van der Waals surface area (Å²) in [5.41, 5.74) is 0.465. The number of hydrogen-bond donors (Lipinski definition) is 1. The Morgan fingerprint density at radius 2 is 1.89 bits per heavy atom. The number of piperidine rings is 1. The lowest BCUT2D eigenvalue weighted by Gasteiger charge is -2.39. The first-order chi connectivity index (χ1) is 13.0. The van der Waals surface area contributed by atoms with Crippen LogP contribution in [0.1, 0.15) is 29.6 Å². The van der Waals surface area contributed by atoms with Gasteiger partial charge >= 0.3 is 0 Å². The second-order valence-electron chi connectivity index (χ2n) is 7.54. The Kier molecular flexibility index (Phi) is 6.79. The Morgan fingerprint density at radius 3 is 2.56 bits per heavy atom. The van der Waals surface area contributed by atoms with Gasteiger partial charge in [-0.3, -0.25) is 4.79 Å². The molecule has 1 aromatic carbocycles. The van der Waals surface area contributed by atoms with Gasteiger partial charge in [0.2, 0.25) is 0 Å². The average molecular weight is 378 g/mol. The predicted octanol–water partition coefficient (Wildman–Crippen LogP) is -0.651. The quantitative estimate of drug-likeness (QED) is 0.714. The zero-order valence-corrected chi connectivity index (χ0v) is 15.5. The molecule has 0 aromatic heterocycles. The second-order valence-corrected chi connectivity index (χ2v) is 7.54. The number of rotatable bonds is 6. The lowest BCUT2D eigenvalue weighted by Crippen LogP contribution is -3.14. The van der Waals surface area contributed by atoms with Crippen molar-refractivity contribution >= 4 is 11.9 Å². The number of carbonyl (C=O) groups is 2. The minimum absolute atomic E-state index is 0.0349. The van der Waals surface area contributed by atoms with Crippen molar-refractivity contribution in [3.63, 3.8) is 0 Å². The van der Waals surface area contributed by atoms with E-state index in [9.17, 15) is 19.1 Å². The van der Waals surface area contributed by atoms with Gasteiger partial charge in [0, 0.05) is 31.0 Å². The molecule has 27 heavy (non-hydrogen) atoms. The standard InChI is InChI=1S/C20H27FN2O4/c21-18-3-1-15(2-4-18)20(26)23-8-6-16(13-19(24)25)17(14-23)5-7-22-9-11-27-12-10-22/h1-4,16-17H,5-14H2,(H,24,25)/t16-,17-/m0/s1. The van der Waals surface area contributed by atoms with Crippen LogP contribution < -0.4 is 10.0 Å². The number of carbonyl (C=O) groups excluding carboxylic acids is 2. The molecule has 2 saturated heterocycles. The zero-order valence-electron chi connectivity index (χ0n) is 15.5. The van der Waals surface area contributed by atoms with Gasteiger partial charge in [0.15, 0.2) is 0 Å². The van der Waals surface area contributed by atoms with Crippen LogP contribution in [-0.2, 0) is 9.53 Å². The van der Waals surface area contributed by atoms with E-state index in [4.69, 9.17) is 4.74 Å². The van der Waals surface area contributed by atoms with Gasteiger partial charge in [-0.25, -0.2) is 4.39 Å². The summed E-state index contributed by atoms with van der Waals surface area (Å²) in [6.45, 7) is 5.48. The molecule has 148 valence electrons. The number of carboxylic acids is 1. The van der Waals surface area contributed by atoms with E-state index >= 15 is 0 Å². The third-order valence-electron chi connectivity index (χ3n) is 5.77. The summed E-state index contributed by atoms with van der Waals surface area (Å²) in [4.78, 5) is 27.1. The molecule has 1 N–H and O–H groups in total. The van der Waals surface area contributed by atoms with Crippen molar-refractivity contribution in [1.82, 2.24) is 4.90 Å². The molecule has 1 amide bonds. The van der Waals surface area contributed by atoms with E-state index in [-0.39, 0.29) is 30.0 Å². The molecule has 0 saturated carbocycles. The largest absolute Gasteiger partial charge is 0.550 e. The molecule has 0 radical (unpaired) electrons. The summed E-state index contributed by atoms with van der Waals surface area (Å²) in [5.74, 6) is -1.35. The number of benzene rings is 1. The zero-order chi connectivity index (χ0) is 19.2. The molecular formula is C20H27FN2O4. The molecule has 7 heteroatoms. The Hall–Kier alpha value is -1.99. The van der Waals surface area contributed by atoms with Gasteiger partial charge in [0.05, 0.1) is 19.8 Å². The highest BCUT2D eigenvalue weighted by atomic mass is 19.1. The van der Waals surface area contributed by atoms with E-state index in [0.717, 1.165) is 39.3 Å². The molecule has 2 aliphatic heterocycles. The minimum atomic E-state index is -1.03. The third kappa shape index (κ3) is 5.49. The summed E-state index contributed by atoms with van der Waals surface area (Å²) in [6, 6.07) is 5.57. The van der Waals surface area contributed by atoms with Gasteiger partial charge in [-0.1, -0.05) is 0 Å². The predicted molar refractivity (Wildman–Crippen MR) is 94.5 cm³/mol. The number of halogens is 1. The van der Waals surface area contributed by atoms with Gasteiger partial charge in [0.1, 0.15) is 18.9 Å². The van der Waals surface area contributed by atoms with Crippen molar-refractivity contribution < 1.29 is 28.7 Å². The first kappa shape index (κ1) is 19.8. The molecule has 0 unspecified atom stereocenters. The Bertz CT molecular complexity index is 646. The smallest absolute Gasteiger partial charge is 0.253 e. The second kappa shape index (κ2) is 9.28. The average Bonchev–Trinajstić information content (AvgIpc) is 2.67. The summed E-state index contributed by atoms with van der Waals surface area (Å²) in [5, 5.41) is 11.1. The monoisotopic (exact) mass is 378 g/mol. The summed E-state index contributed by atoms with van der Waals surface area (Å²) < 4.78 is 18.5. The Morgan fingerprint density at radius 1 is 1.19 bits per heavy atom. The van der Waals surface area contributed by atoms with E-state index < -0.39 is 5.97 Å². The fourth-order valence-corrected chi connectivity index (χ4v) is 4.15. The number of nitrogens with zero attached hydrogens (tertiary/aromatic N) is 1. The van der Waals surface area contributed by atoms with Crippen LogP contribution >= 0.6 is 0 Å². The van der Waals surface area contributed by atoms with E-state index in [1.807, 2.05) is 0 Å². The first-order valence-corrected chi connectivity index (χ1v) is 9.69. The lowest BCUT2D eigenvalue weighted by molar-refractivity contribution is -0.908. The highest BCUT2D eigenvalue weighted by molar-refractivity contribution is 5.94. The van der Waals surface area contributed by atoms with E-state index in [1.165, 1.54) is 29.2 Å². The maximum Gasteiger partial charge on any atom is 0.253 e. The number of hydrogen-bond acceptors (Lipinski definition) is 4. The number of carboxylic acid groups (broad SMARTS) is 1. The molecule has 2 fully saturated rings. The fraction of sp³-hybridized carbons (Fsp3) is 0.600. The summed E-state index contributed by atoms with van der Waals surface area (Å²) in [7, 11) is 0. The van der Waals surface area contributed by atoms with Crippen LogP contribution in [0.15, 0.2) is 24.3 Å².